The summed E-state index contributed by atoms with van der Waals surface area (Å²) in [5.74, 6) is 0.601. The fourth-order valence-electron chi connectivity index (χ4n) is 2.58. The minimum Gasteiger partial charge on any atom is -0.356 e. The number of benzene rings is 1. The van der Waals surface area contributed by atoms with Crippen molar-refractivity contribution in [2.75, 3.05) is 20.1 Å². The standard InChI is InChI=1S/C18H25FN4S/c1-12-11-16(19)6-5-15(12)7-9-21-18(20-4)22-10-8-17-13(2)23-14(3)24-17/h5-6,11H,7-10H2,1-4H3,(H2,20,21,22). The van der Waals surface area contributed by atoms with E-state index in [-0.39, 0.29) is 5.82 Å². The fourth-order valence-corrected chi connectivity index (χ4v) is 3.51. The van der Waals surface area contributed by atoms with Gasteiger partial charge in [-0.3, -0.25) is 4.99 Å². The molecule has 0 unspecified atom stereocenters. The molecule has 0 radical (unpaired) electrons. The van der Waals surface area contributed by atoms with E-state index < -0.39 is 0 Å². The molecule has 0 amide bonds. The topological polar surface area (TPSA) is 49.3 Å². The highest BCUT2D eigenvalue weighted by molar-refractivity contribution is 7.11. The number of hydrogen-bond acceptors (Lipinski definition) is 3. The lowest BCUT2D eigenvalue weighted by molar-refractivity contribution is 0.625. The van der Waals surface area contributed by atoms with E-state index in [0.717, 1.165) is 53.7 Å². The van der Waals surface area contributed by atoms with Gasteiger partial charge in [-0.25, -0.2) is 9.37 Å². The van der Waals surface area contributed by atoms with Gasteiger partial charge in [0.05, 0.1) is 10.7 Å². The molecule has 0 aliphatic carbocycles. The van der Waals surface area contributed by atoms with Gasteiger partial charge in [-0.15, -0.1) is 11.3 Å². The monoisotopic (exact) mass is 348 g/mol. The maximum atomic E-state index is 13.1. The van der Waals surface area contributed by atoms with Crippen molar-refractivity contribution in [3.63, 3.8) is 0 Å². The number of guanidine groups is 1. The van der Waals surface area contributed by atoms with Crippen LogP contribution in [0.1, 0.15) is 26.7 Å². The van der Waals surface area contributed by atoms with E-state index in [9.17, 15) is 4.39 Å². The molecule has 130 valence electrons. The van der Waals surface area contributed by atoms with Crippen LogP contribution in [0.15, 0.2) is 23.2 Å². The molecule has 2 N–H and O–H groups in total. The largest absolute Gasteiger partial charge is 0.356 e. The molecular formula is C18H25FN4S. The van der Waals surface area contributed by atoms with Crippen molar-refractivity contribution >= 4 is 17.3 Å². The van der Waals surface area contributed by atoms with Crippen molar-refractivity contribution < 1.29 is 4.39 Å². The lowest BCUT2D eigenvalue weighted by atomic mass is 10.1. The van der Waals surface area contributed by atoms with E-state index in [4.69, 9.17) is 0 Å². The first-order valence-electron chi connectivity index (χ1n) is 8.12. The summed E-state index contributed by atoms with van der Waals surface area (Å²) in [5, 5.41) is 7.73. The second-order valence-electron chi connectivity index (χ2n) is 5.74. The number of aromatic nitrogens is 1. The van der Waals surface area contributed by atoms with Gasteiger partial charge in [-0.05, 0) is 50.5 Å². The molecule has 0 bridgehead atoms. The number of halogens is 1. The third-order valence-corrected chi connectivity index (χ3v) is 4.99. The molecular weight excluding hydrogens is 323 g/mol. The Balaban J connectivity index is 1.75. The molecule has 2 aromatic rings. The molecule has 0 aliphatic rings. The van der Waals surface area contributed by atoms with Gasteiger partial charge in [0.1, 0.15) is 5.82 Å². The average Bonchev–Trinajstić information content (AvgIpc) is 2.85. The minimum absolute atomic E-state index is 0.185. The summed E-state index contributed by atoms with van der Waals surface area (Å²) in [7, 11) is 1.76. The van der Waals surface area contributed by atoms with Gasteiger partial charge in [-0.1, -0.05) is 6.07 Å². The highest BCUT2D eigenvalue weighted by atomic mass is 32.1. The molecule has 0 spiro atoms. The molecule has 0 aliphatic heterocycles. The number of rotatable bonds is 6. The van der Waals surface area contributed by atoms with Crippen LogP contribution in [-0.4, -0.2) is 31.1 Å². The number of aryl methyl sites for hydroxylation is 3. The van der Waals surface area contributed by atoms with Gasteiger partial charge in [0.15, 0.2) is 5.96 Å². The van der Waals surface area contributed by atoms with Crippen LogP contribution >= 0.6 is 11.3 Å². The number of nitrogens with one attached hydrogen (secondary N) is 2. The molecule has 1 aromatic carbocycles. The molecule has 1 heterocycles. The van der Waals surface area contributed by atoms with Crippen molar-refractivity contribution in [3.05, 3.63) is 50.7 Å². The Labute approximate surface area is 147 Å². The predicted molar refractivity (Wildman–Crippen MR) is 99.5 cm³/mol. The fraction of sp³-hybridized carbons (Fsp3) is 0.444. The smallest absolute Gasteiger partial charge is 0.190 e. The zero-order chi connectivity index (χ0) is 17.5. The van der Waals surface area contributed by atoms with Crippen molar-refractivity contribution in [1.29, 1.82) is 0 Å². The molecule has 1 aromatic heterocycles. The van der Waals surface area contributed by atoms with Gasteiger partial charge in [0.25, 0.3) is 0 Å². The molecule has 6 heteroatoms. The summed E-state index contributed by atoms with van der Waals surface area (Å²) >= 11 is 1.75. The highest BCUT2D eigenvalue weighted by Crippen LogP contribution is 2.17. The van der Waals surface area contributed by atoms with Crippen molar-refractivity contribution in [3.8, 4) is 0 Å². The molecule has 0 fully saturated rings. The van der Waals surface area contributed by atoms with Gasteiger partial charge >= 0.3 is 0 Å². The summed E-state index contributed by atoms with van der Waals surface area (Å²) < 4.78 is 13.1. The lowest BCUT2D eigenvalue weighted by Crippen LogP contribution is -2.39. The van der Waals surface area contributed by atoms with Gasteiger partial charge in [0.2, 0.25) is 0 Å². The number of thiazole rings is 1. The predicted octanol–water partition coefficient (Wildman–Crippen LogP) is 3.16. The third-order valence-electron chi connectivity index (χ3n) is 3.86. The molecule has 0 atom stereocenters. The Kier molecular flexibility index (Phi) is 6.73. The van der Waals surface area contributed by atoms with Crippen molar-refractivity contribution in [2.24, 2.45) is 4.99 Å². The Morgan fingerprint density at radius 1 is 1.17 bits per heavy atom. The van der Waals surface area contributed by atoms with Crippen LogP contribution in [0.25, 0.3) is 0 Å². The number of aliphatic imine (C=N–C) groups is 1. The van der Waals surface area contributed by atoms with E-state index in [1.807, 2.05) is 19.9 Å². The first kappa shape index (κ1) is 18.4. The maximum Gasteiger partial charge on any atom is 0.190 e. The molecule has 2 rings (SSSR count). The first-order chi connectivity index (χ1) is 11.5. The SMILES string of the molecule is CN=C(NCCc1ccc(F)cc1C)NCCc1sc(C)nc1C. The van der Waals surface area contributed by atoms with E-state index in [2.05, 4.69) is 27.5 Å². The van der Waals surface area contributed by atoms with Gasteiger partial charge in [-0.2, -0.15) is 0 Å². The van der Waals surface area contributed by atoms with E-state index in [1.54, 1.807) is 24.5 Å². The second kappa shape index (κ2) is 8.78. The third kappa shape index (κ3) is 5.30. The van der Waals surface area contributed by atoms with Crippen LogP contribution in [0.2, 0.25) is 0 Å². The lowest BCUT2D eigenvalue weighted by Gasteiger charge is -2.12. The van der Waals surface area contributed by atoms with Crippen LogP contribution in [0.5, 0.6) is 0 Å². The van der Waals surface area contributed by atoms with Gasteiger partial charge in [0, 0.05) is 31.4 Å². The zero-order valence-electron chi connectivity index (χ0n) is 14.7. The Hall–Kier alpha value is -1.95. The maximum absolute atomic E-state index is 13.1. The van der Waals surface area contributed by atoms with Crippen molar-refractivity contribution in [1.82, 2.24) is 15.6 Å². The summed E-state index contributed by atoms with van der Waals surface area (Å²) in [6, 6.07) is 4.92. The van der Waals surface area contributed by atoms with Crippen LogP contribution in [0.3, 0.4) is 0 Å². The van der Waals surface area contributed by atoms with Crippen LogP contribution < -0.4 is 10.6 Å². The summed E-state index contributed by atoms with van der Waals surface area (Å²) in [4.78, 5) is 10.00. The Morgan fingerprint density at radius 3 is 2.46 bits per heavy atom. The highest BCUT2D eigenvalue weighted by Gasteiger charge is 2.05. The Morgan fingerprint density at radius 2 is 1.88 bits per heavy atom. The zero-order valence-corrected chi connectivity index (χ0v) is 15.6. The summed E-state index contributed by atoms with van der Waals surface area (Å²) in [6.45, 7) is 7.59. The molecule has 24 heavy (non-hydrogen) atoms. The normalized spacial score (nSPS) is 11.6. The summed E-state index contributed by atoms with van der Waals surface area (Å²) in [5.41, 5.74) is 3.25. The Bertz CT molecular complexity index is 709. The van der Waals surface area contributed by atoms with Gasteiger partial charge < -0.3 is 10.6 Å². The average molecular weight is 348 g/mol. The summed E-state index contributed by atoms with van der Waals surface area (Å²) in [6.07, 6.45) is 1.77. The van der Waals surface area contributed by atoms with E-state index >= 15 is 0 Å². The van der Waals surface area contributed by atoms with Crippen molar-refractivity contribution in [2.45, 2.75) is 33.6 Å². The van der Waals surface area contributed by atoms with Crippen LogP contribution in [0, 0.1) is 26.6 Å². The minimum atomic E-state index is -0.185. The number of nitrogens with zero attached hydrogens (tertiary/aromatic N) is 2. The van der Waals surface area contributed by atoms with E-state index in [0.29, 0.717) is 0 Å². The van der Waals surface area contributed by atoms with Crippen LogP contribution in [-0.2, 0) is 12.8 Å². The van der Waals surface area contributed by atoms with E-state index in [1.165, 1.54) is 10.9 Å². The second-order valence-corrected chi connectivity index (χ2v) is 7.03. The molecule has 0 saturated carbocycles. The number of hydrogen-bond donors (Lipinski definition) is 2. The van der Waals surface area contributed by atoms with Crippen LogP contribution in [0.4, 0.5) is 4.39 Å². The molecule has 0 saturated heterocycles. The first-order valence-corrected chi connectivity index (χ1v) is 8.93. The molecule has 4 nitrogen and oxygen atoms in total. The quantitative estimate of drug-likeness (QED) is 0.623.